The fourth-order valence-electron chi connectivity index (χ4n) is 2.23. The summed E-state index contributed by atoms with van der Waals surface area (Å²) in [5.74, 6) is -1.50. The van der Waals surface area contributed by atoms with Crippen LogP contribution in [0, 0.1) is 10.1 Å². The number of ether oxygens (including phenoxy) is 1. The molecule has 0 spiro atoms. The quantitative estimate of drug-likeness (QED) is 0.498. The molecule has 0 aliphatic carbocycles. The van der Waals surface area contributed by atoms with Crippen LogP contribution in [0.5, 0.6) is 5.75 Å². The molecule has 0 radical (unpaired) electrons. The zero-order chi connectivity index (χ0) is 22.5. The van der Waals surface area contributed by atoms with Gasteiger partial charge in [0.2, 0.25) is 5.91 Å². The number of anilines is 2. The van der Waals surface area contributed by atoms with Gasteiger partial charge in [-0.15, -0.1) is 0 Å². The Hall–Kier alpha value is -3.48. The molecular formula is C17H14F3N3O6S. The maximum absolute atomic E-state index is 12.6. The minimum atomic E-state index is -5.08. The van der Waals surface area contributed by atoms with Gasteiger partial charge in [-0.2, -0.15) is 13.2 Å². The van der Waals surface area contributed by atoms with Crippen LogP contribution in [-0.2, 0) is 20.4 Å². The summed E-state index contributed by atoms with van der Waals surface area (Å²) < 4.78 is 54.0. The second-order valence-electron chi connectivity index (χ2n) is 5.70. The van der Waals surface area contributed by atoms with Gasteiger partial charge >= 0.3 is 11.2 Å². The lowest BCUT2D eigenvalue weighted by molar-refractivity contribution is -0.386. The average molecular weight is 445 g/mol. The zero-order valence-electron chi connectivity index (χ0n) is 15.2. The SMILES string of the molecule is CC(=O)Nc1cccc(NC(=O)COc2ccc(S(=O)C(F)(F)F)cc2[N+](=O)[O-])c1. The number of alkyl halides is 3. The van der Waals surface area contributed by atoms with E-state index in [-0.39, 0.29) is 5.91 Å². The molecule has 9 nitrogen and oxygen atoms in total. The van der Waals surface area contributed by atoms with Gasteiger partial charge < -0.3 is 15.4 Å². The second kappa shape index (κ2) is 9.35. The normalized spacial score (nSPS) is 12.0. The van der Waals surface area contributed by atoms with E-state index in [1.165, 1.54) is 19.1 Å². The Morgan fingerprint density at radius 3 is 2.33 bits per heavy atom. The molecule has 0 saturated carbocycles. The molecule has 0 saturated heterocycles. The molecule has 0 aliphatic rings. The van der Waals surface area contributed by atoms with E-state index >= 15 is 0 Å². The summed E-state index contributed by atoms with van der Waals surface area (Å²) in [5, 5.41) is 16.1. The molecule has 0 bridgehead atoms. The van der Waals surface area contributed by atoms with Crippen molar-refractivity contribution in [3.05, 3.63) is 52.6 Å². The summed E-state index contributed by atoms with van der Waals surface area (Å²) in [4.78, 5) is 32.4. The van der Waals surface area contributed by atoms with Crippen LogP contribution in [0.4, 0.5) is 30.2 Å². The first-order valence-electron chi connectivity index (χ1n) is 8.04. The number of benzene rings is 2. The van der Waals surface area contributed by atoms with Crippen molar-refractivity contribution in [2.24, 2.45) is 0 Å². The van der Waals surface area contributed by atoms with Gasteiger partial charge in [0.1, 0.15) is 0 Å². The van der Waals surface area contributed by atoms with Crippen LogP contribution in [0.2, 0.25) is 0 Å². The number of carbonyl (C=O) groups is 2. The molecule has 13 heteroatoms. The molecule has 2 N–H and O–H groups in total. The number of nitrogens with one attached hydrogen (secondary N) is 2. The third-order valence-corrected chi connectivity index (χ3v) is 4.48. The standard InChI is InChI=1S/C17H14F3N3O6S/c1-10(24)21-11-3-2-4-12(7-11)22-16(25)9-29-15-6-5-13(8-14(15)23(26)27)30(28)17(18,19)20/h2-8H,9H2,1H3,(H,21,24)(H,22,25). The lowest BCUT2D eigenvalue weighted by atomic mass is 10.2. The van der Waals surface area contributed by atoms with Crippen LogP contribution in [0.3, 0.4) is 0 Å². The van der Waals surface area contributed by atoms with E-state index in [1.807, 2.05) is 0 Å². The Balaban J connectivity index is 2.09. The van der Waals surface area contributed by atoms with Crippen LogP contribution in [0.1, 0.15) is 6.92 Å². The van der Waals surface area contributed by atoms with E-state index in [4.69, 9.17) is 4.74 Å². The second-order valence-corrected chi connectivity index (χ2v) is 7.17. The van der Waals surface area contributed by atoms with Crippen molar-refractivity contribution in [3.8, 4) is 5.75 Å². The van der Waals surface area contributed by atoms with Crippen molar-refractivity contribution in [1.82, 2.24) is 0 Å². The summed E-state index contributed by atoms with van der Waals surface area (Å²) in [6, 6.07) is 8.21. The van der Waals surface area contributed by atoms with E-state index in [9.17, 15) is 37.1 Å². The van der Waals surface area contributed by atoms with E-state index < -0.39 is 50.1 Å². The Morgan fingerprint density at radius 2 is 1.77 bits per heavy atom. The fourth-order valence-corrected chi connectivity index (χ4v) is 2.91. The smallest absolute Gasteiger partial charge is 0.475 e. The summed E-state index contributed by atoms with van der Waals surface area (Å²) in [6.45, 7) is 0.619. The molecule has 0 aromatic heterocycles. The highest BCUT2D eigenvalue weighted by atomic mass is 32.2. The largest absolute Gasteiger partial charge is 0.477 e. The Bertz CT molecular complexity index is 1010. The van der Waals surface area contributed by atoms with Gasteiger partial charge in [0, 0.05) is 24.4 Å². The number of carbonyl (C=O) groups excluding carboxylic acids is 2. The molecule has 2 aromatic rings. The van der Waals surface area contributed by atoms with Crippen molar-refractivity contribution in [2.45, 2.75) is 17.3 Å². The maximum Gasteiger partial charge on any atom is 0.475 e. The van der Waals surface area contributed by atoms with E-state index in [0.717, 1.165) is 12.1 Å². The van der Waals surface area contributed by atoms with Gasteiger partial charge in [-0.3, -0.25) is 19.7 Å². The maximum atomic E-state index is 12.6. The summed E-state index contributed by atoms with van der Waals surface area (Å²) >= 11 is 0. The first-order chi connectivity index (χ1) is 14.0. The Kier molecular flexibility index (Phi) is 7.10. The number of amides is 2. The topological polar surface area (TPSA) is 128 Å². The lowest BCUT2D eigenvalue weighted by Crippen LogP contribution is -2.21. The molecule has 2 rings (SSSR count). The number of nitrogens with zero attached hydrogens (tertiary/aromatic N) is 1. The average Bonchev–Trinajstić information content (AvgIpc) is 2.64. The Morgan fingerprint density at radius 1 is 1.13 bits per heavy atom. The van der Waals surface area contributed by atoms with Gasteiger partial charge in [-0.05, 0) is 30.3 Å². The zero-order valence-corrected chi connectivity index (χ0v) is 16.0. The first kappa shape index (κ1) is 22.8. The third kappa shape index (κ3) is 6.27. The number of nitro benzene ring substituents is 1. The highest BCUT2D eigenvalue weighted by Crippen LogP contribution is 2.33. The van der Waals surface area contributed by atoms with Crippen molar-refractivity contribution in [1.29, 1.82) is 0 Å². The highest BCUT2D eigenvalue weighted by molar-refractivity contribution is 7.86. The molecule has 0 heterocycles. The van der Waals surface area contributed by atoms with Gasteiger partial charge in [0.25, 0.3) is 5.91 Å². The first-order valence-corrected chi connectivity index (χ1v) is 9.19. The highest BCUT2D eigenvalue weighted by Gasteiger charge is 2.39. The molecule has 30 heavy (non-hydrogen) atoms. The van der Waals surface area contributed by atoms with E-state index in [2.05, 4.69) is 10.6 Å². The number of hydrogen-bond donors (Lipinski definition) is 2. The van der Waals surface area contributed by atoms with Gasteiger partial charge in [-0.1, -0.05) is 6.07 Å². The fraction of sp³-hybridized carbons (Fsp3) is 0.176. The third-order valence-electron chi connectivity index (χ3n) is 3.38. The molecule has 0 fully saturated rings. The molecule has 2 aromatic carbocycles. The minimum absolute atomic E-state index is 0.306. The Labute approximate surface area is 169 Å². The number of hydrogen-bond acceptors (Lipinski definition) is 6. The van der Waals surface area contributed by atoms with E-state index in [0.29, 0.717) is 17.4 Å². The van der Waals surface area contributed by atoms with Gasteiger partial charge in [0.05, 0.1) is 9.82 Å². The molecule has 1 unspecified atom stereocenters. The molecule has 2 amide bonds. The summed E-state index contributed by atoms with van der Waals surface area (Å²) in [7, 11) is -3.45. The van der Waals surface area contributed by atoms with Gasteiger partial charge in [-0.25, -0.2) is 4.21 Å². The summed E-state index contributed by atoms with van der Waals surface area (Å²) in [6.07, 6.45) is 0. The van der Waals surface area contributed by atoms with Crippen LogP contribution >= 0.6 is 0 Å². The van der Waals surface area contributed by atoms with Crippen LogP contribution < -0.4 is 15.4 Å². The van der Waals surface area contributed by atoms with Crippen LogP contribution in [0.25, 0.3) is 0 Å². The number of nitro groups is 1. The summed E-state index contributed by atoms with van der Waals surface area (Å²) in [5.41, 5.74) is -5.22. The van der Waals surface area contributed by atoms with Gasteiger partial charge in [0.15, 0.2) is 23.2 Å². The predicted molar refractivity (Wildman–Crippen MR) is 100 cm³/mol. The lowest BCUT2D eigenvalue weighted by Gasteiger charge is -2.10. The van der Waals surface area contributed by atoms with Crippen LogP contribution in [-0.4, -0.2) is 33.1 Å². The monoisotopic (exact) mass is 445 g/mol. The minimum Gasteiger partial charge on any atom is -0.477 e. The van der Waals surface area contributed by atoms with Crippen molar-refractivity contribution < 1.29 is 36.6 Å². The predicted octanol–water partition coefficient (Wildman–Crippen LogP) is 3.20. The van der Waals surface area contributed by atoms with Crippen LogP contribution in [0.15, 0.2) is 47.4 Å². The van der Waals surface area contributed by atoms with Crippen molar-refractivity contribution >= 4 is 39.7 Å². The molecule has 1 atom stereocenters. The number of halogens is 3. The number of rotatable bonds is 7. The molecule has 0 aliphatic heterocycles. The van der Waals surface area contributed by atoms with Crippen molar-refractivity contribution in [3.63, 3.8) is 0 Å². The van der Waals surface area contributed by atoms with Crippen molar-refractivity contribution in [2.75, 3.05) is 17.2 Å². The van der Waals surface area contributed by atoms with E-state index in [1.54, 1.807) is 12.1 Å². The molecule has 160 valence electrons. The molecular weight excluding hydrogens is 431 g/mol.